The summed E-state index contributed by atoms with van der Waals surface area (Å²) in [7, 11) is 0. The van der Waals surface area contributed by atoms with Crippen LogP contribution in [0.25, 0.3) is 5.57 Å². The number of fused-ring (bicyclic) bond motifs is 2. The van der Waals surface area contributed by atoms with Gasteiger partial charge in [-0.2, -0.15) is 0 Å². The molecule has 1 fully saturated rings. The molecule has 1 aliphatic heterocycles. The molecule has 2 unspecified atom stereocenters. The molecule has 0 spiro atoms. The summed E-state index contributed by atoms with van der Waals surface area (Å²) in [5, 5.41) is 0. The largest absolute Gasteiger partial charge is 0.444 e. The fourth-order valence-electron chi connectivity index (χ4n) is 3.56. The molecule has 1 amide bonds. The Morgan fingerprint density at radius 1 is 1.30 bits per heavy atom. The van der Waals surface area contributed by atoms with E-state index in [0.29, 0.717) is 18.4 Å². The third-order valence-corrected chi connectivity index (χ3v) is 4.36. The molecule has 3 nitrogen and oxygen atoms in total. The molecule has 2 atom stereocenters. The van der Waals surface area contributed by atoms with Crippen LogP contribution in [0.1, 0.15) is 39.2 Å². The van der Waals surface area contributed by atoms with E-state index in [4.69, 9.17) is 4.74 Å². The van der Waals surface area contributed by atoms with Crippen molar-refractivity contribution in [3.63, 3.8) is 0 Å². The van der Waals surface area contributed by atoms with Gasteiger partial charge in [-0.3, -0.25) is 0 Å². The molecule has 124 valence electrons. The standard InChI is InChI=1S/C19H24FNO2/c1-19(2,3)23-18(22)21-11-13-7-14(12-21)9-16(8-13)15-5-4-6-17(20)10-15/h4-6,8,10,13-14H,7,9,11-12H2,1-3H3. The van der Waals surface area contributed by atoms with Gasteiger partial charge in [0.25, 0.3) is 0 Å². The van der Waals surface area contributed by atoms with Crippen LogP contribution in [-0.2, 0) is 4.74 Å². The molecule has 2 bridgehead atoms. The Hall–Kier alpha value is -1.84. The number of rotatable bonds is 1. The molecular weight excluding hydrogens is 293 g/mol. The van der Waals surface area contributed by atoms with Crippen molar-refractivity contribution in [1.82, 2.24) is 4.90 Å². The molecular formula is C19H24FNO2. The van der Waals surface area contributed by atoms with Gasteiger partial charge >= 0.3 is 6.09 Å². The minimum atomic E-state index is -0.466. The smallest absolute Gasteiger partial charge is 0.410 e. The Balaban J connectivity index is 1.73. The van der Waals surface area contributed by atoms with Crippen LogP contribution in [0.15, 0.2) is 30.3 Å². The van der Waals surface area contributed by atoms with E-state index in [1.54, 1.807) is 12.1 Å². The summed E-state index contributed by atoms with van der Waals surface area (Å²) in [6.45, 7) is 7.06. The third-order valence-electron chi connectivity index (χ3n) is 4.36. The predicted molar refractivity (Wildman–Crippen MR) is 88.4 cm³/mol. The van der Waals surface area contributed by atoms with Crippen molar-refractivity contribution in [2.75, 3.05) is 13.1 Å². The van der Waals surface area contributed by atoms with E-state index in [1.165, 1.54) is 11.6 Å². The molecule has 2 aliphatic rings. The Labute approximate surface area is 137 Å². The lowest BCUT2D eigenvalue weighted by Gasteiger charge is -2.40. The van der Waals surface area contributed by atoms with Gasteiger partial charge in [0.05, 0.1) is 0 Å². The molecule has 1 saturated heterocycles. The first-order valence-corrected chi connectivity index (χ1v) is 8.25. The highest BCUT2D eigenvalue weighted by Gasteiger charge is 2.34. The molecule has 0 aromatic heterocycles. The van der Waals surface area contributed by atoms with Gasteiger partial charge in [-0.05, 0) is 68.7 Å². The summed E-state index contributed by atoms with van der Waals surface area (Å²) < 4.78 is 18.9. The average molecular weight is 317 g/mol. The summed E-state index contributed by atoms with van der Waals surface area (Å²) in [6, 6.07) is 6.78. The number of piperidine rings is 1. The molecule has 1 aliphatic carbocycles. The van der Waals surface area contributed by atoms with Crippen molar-refractivity contribution in [3.05, 3.63) is 41.7 Å². The lowest BCUT2D eigenvalue weighted by molar-refractivity contribution is 0.0121. The number of allylic oxidation sites excluding steroid dienone is 1. The van der Waals surface area contributed by atoms with E-state index < -0.39 is 5.60 Å². The zero-order valence-corrected chi connectivity index (χ0v) is 14.0. The van der Waals surface area contributed by atoms with Crippen molar-refractivity contribution in [3.8, 4) is 0 Å². The molecule has 3 rings (SSSR count). The summed E-state index contributed by atoms with van der Waals surface area (Å²) in [5.41, 5.74) is 1.70. The monoisotopic (exact) mass is 317 g/mol. The van der Waals surface area contributed by atoms with Crippen molar-refractivity contribution >= 4 is 11.7 Å². The Bertz CT molecular complexity index is 633. The van der Waals surface area contributed by atoms with E-state index in [2.05, 4.69) is 6.08 Å². The Morgan fingerprint density at radius 3 is 2.74 bits per heavy atom. The number of carbonyl (C=O) groups is 1. The second kappa shape index (κ2) is 5.99. The van der Waals surface area contributed by atoms with Crippen molar-refractivity contribution < 1.29 is 13.9 Å². The first-order chi connectivity index (χ1) is 10.8. The number of amides is 1. The minimum Gasteiger partial charge on any atom is -0.444 e. The molecule has 0 radical (unpaired) electrons. The molecule has 4 heteroatoms. The maximum atomic E-state index is 13.4. The van der Waals surface area contributed by atoms with Crippen LogP contribution in [0, 0.1) is 17.7 Å². The van der Waals surface area contributed by atoms with Crippen molar-refractivity contribution in [2.45, 2.75) is 39.2 Å². The molecule has 1 heterocycles. The van der Waals surface area contributed by atoms with Crippen LogP contribution < -0.4 is 0 Å². The number of nitrogens with zero attached hydrogens (tertiary/aromatic N) is 1. The van der Waals surface area contributed by atoms with E-state index in [9.17, 15) is 9.18 Å². The van der Waals surface area contributed by atoms with E-state index >= 15 is 0 Å². The first kappa shape index (κ1) is 16.0. The van der Waals surface area contributed by atoms with Gasteiger partial charge in [-0.15, -0.1) is 0 Å². The first-order valence-electron chi connectivity index (χ1n) is 8.25. The molecule has 0 N–H and O–H groups in total. The average Bonchev–Trinajstić information content (AvgIpc) is 2.44. The summed E-state index contributed by atoms with van der Waals surface area (Å²) in [6.07, 6.45) is 3.97. The number of hydrogen-bond donors (Lipinski definition) is 0. The highest BCUT2D eigenvalue weighted by Crippen LogP contribution is 2.38. The maximum Gasteiger partial charge on any atom is 0.410 e. The van der Waals surface area contributed by atoms with Gasteiger partial charge in [0.15, 0.2) is 0 Å². The Kier molecular flexibility index (Phi) is 4.17. The number of benzene rings is 1. The molecule has 23 heavy (non-hydrogen) atoms. The topological polar surface area (TPSA) is 29.5 Å². The highest BCUT2D eigenvalue weighted by molar-refractivity contribution is 5.70. The lowest BCUT2D eigenvalue weighted by atomic mass is 9.77. The van der Waals surface area contributed by atoms with Crippen LogP contribution in [0.5, 0.6) is 0 Å². The van der Waals surface area contributed by atoms with Gasteiger partial charge in [0.1, 0.15) is 11.4 Å². The number of halogens is 1. The number of ether oxygens (including phenoxy) is 1. The van der Waals surface area contributed by atoms with Gasteiger partial charge < -0.3 is 9.64 Å². The summed E-state index contributed by atoms with van der Waals surface area (Å²) in [5.74, 6) is 0.548. The Morgan fingerprint density at radius 2 is 2.09 bits per heavy atom. The van der Waals surface area contributed by atoms with Gasteiger partial charge in [-0.1, -0.05) is 18.2 Å². The highest BCUT2D eigenvalue weighted by atomic mass is 19.1. The zero-order chi connectivity index (χ0) is 16.6. The van der Waals surface area contributed by atoms with Crippen molar-refractivity contribution in [1.29, 1.82) is 0 Å². The van der Waals surface area contributed by atoms with Crippen LogP contribution in [0.2, 0.25) is 0 Å². The molecule has 1 aromatic carbocycles. The maximum absolute atomic E-state index is 13.4. The molecule has 1 aromatic rings. The number of carbonyl (C=O) groups excluding carboxylic acids is 1. The van der Waals surface area contributed by atoms with Crippen LogP contribution in [-0.4, -0.2) is 29.7 Å². The van der Waals surface area contributed by atoms with Gasteiger partial charge in [0.2, 0.25) is 0 Å². The number of hydrogen-bond acceptors (Lipinski definition) is 2. The van der Waals surface area contributed by atoms with Crippen LogP contribution in [0.3, 0.4) is 0 Å². The van der Waals surface area contributed by atoms with Crippen molar-refractivity contribution in [2.24, 2.45) is 11.8 Å². The number of likely N-dealkylation sites (tertiary alicyclic amines) is 1. The second-order valence-electron chi connectivity index (χ2n) is 7.65. The minimum absolute atomic E-state index is 0.200. The fourth-order valence-corrected chi connectivity index (χ4v) is 3.56. The third kappa shape index (κ3) is 3.92. The van der Waals surface area contributed by atoms with E-state index in [1.807, 2.05) is 31.7 Å². The van der Waals surface area contributed by atoms with E-state index in [-0.39, 0.29) is 11.9 Å². The SMILES string of the molecule is CC(C)(C)OC(=O)N1CC2C=C(c3cccc(F)c3)CC(C2)C1. The fraction of sp³-hybridized carbons (Fsp3) is 0.526. The van der Waals surface area contributed by atoms with Crippen LogP contribution in [0.4, 0.5) is 9.18 Å². The van der Waals surface area contributed by atoms with E-state index in [0.717, 1.165) is 24.9 Å². The second-order valence-corrected chi connectivity index (χ2v) is 7.65. The quantitative estimate of drug-likeness (QED) is 0.764. The van der Waals surface area contributed by atoms with Gasteiger partial charge in [0, 0.05) is 13.1 Å². The summed E-state index contributed by atoms with van der Waals surface area (Å²) in [4.78, 5) is 14.1. The normalized spacial score (nSPS) is 24.2. The lowest BCUT2D eigenvalue weighted by Crippen LogP contribution is -2.46. The van der Waals surface area contributed by atoms with Crippen LogP contribution >= 0.6 is 0 Å². The predicted octanol–water partition coefficient (Wildman–Crippen LogP) is 4.49. The zero-order valence-electron chi connectivity index (χ0n) is 14.0. The molecule has 0 saturated carbocycles. The summed E-state index contributed by atoms with van der Waals surface area (Å²) >= 11 is 0. The van der Waals surface area contributed by atoms with Gasteiger partial charge in [-0.25, -0.2) is 9.18 Å².